The molecule has 42 heavy (non-hydrogen) atoms. The van der Waals surface area contributed by atoms with Crippen LogP contribution in [-0.4, -0.2) is 66.8 Å². The fraction of sp³-hybridized carbons (Fsp3) is 0.375. The summed E-state index contributed by atoms with van der Waals surface area (Å²) in [5.41, 5.74) is 4.12. The summed E-state index contributed by atoms with van der Waals surface area (Å²) >= 11 is 0. The van der Waals surface area contributed by atoms with Crippen LogP contribution in [0.2, 0.25) is 0 Å². The first-order valence-corrected chi connectivity index (χ1v) is 15.6. The molecule has 0 radical (unpaired) electrons. The van der Waals surface area contributed by atoms with Crippen LogP contribution >= 0.6 is 0 Å². The number of aliphatic hydroxyl groups is 2. The topological polar surface area (TPSA) is 131 Å². The SMILES string of the molecule is CNC1=CC2=CC=C(S(=O)(=O)N(CC(C)C)CC(O)C(Cc3ccccc3)NC(=O)c3cccc(CO)c3C)CC2=N1. The zero-order valence-corrected chi connectivity index (χ0v) is 25.4. The average Bonchev–Trinajstić information content (AvgIpc) is 3.39. The van der Waals surface area contributed by atoms with Crippen LogP contribution < -0.4 is 10.6 Å². The number of aliphatic hydroxyl groups excluding tert-OH is 2. The average molecular weight is 593 g/mol. The van der Waals surface area contributed by atoms with E-state index >= 15 is 0 Å². The Morgan fingerprint density at radius 2 is 1.81 bits per heavy atom. The molecule has 9 nitrogen and oxygen atoms in total. The van der Waals surface area contributed by atoms with Gasteiger partial charge in [-0.1, -0.05) is 62.4 Å². The summed E-state index contributed by atoms with van der Waals surface area (Å²) in [6, 6.07) is 13.8. The highest BCUT2D eigenvalue weighted by atomic mass is 32.2. The Morgan fingerprint density at radius 1 is 1.07 bits per heavy atom. The summed E-state index contributed by atoms with van der Waals surface area (Å²) < 4.78 is 29.2. The number of hydrogen-bond acceptors (Lipinski definition) is 7. The molecule has 0 aromatic heterocycles. The van der Waals surface area contributed by atoms with E-state index in [1.807, 2.05) is 50.3 Å². The van der Waals surface area contributed by atoms with Crippen molar-refractivity contribution in [2.24, 2.45) is 10.9 Å². The first kappa shape index (κ1) is 31.4. The fourth-order valence-electron chi connectivity index (χ4n) is 5.15. The van der Waals surface area contributed by atoms with E-state index in [9.17, 15) is 23.4 Å². The number of hydrogen-bond donors (Lipinski definition) is 4. The number of allylic oxidation sites excluding steroid dienone is 5. The minimum absolute atomic E-state index is 0.00492. The molecule has 1 aliphatic carbocycles. The second kappa shape index (κ2) is 13.6. The standard InChI is InChI=1S/C32H40N4O5S/c1-21(2)18-36(42(40,41)26-14-13-24-16-31(33-4)34-28(24)17-26)19-30(38)29(15-23-9-6-5-7-10-23)35-32(39)27-12-8-11-25(20-37)22(27)3/h5-14,16,21,29-30,33,37-38H,15,17-20H2,1-4H3,(H,35,39). The maximum atomic E-state index is 14.0. The van der Waals surface area contributed by atoms with Crippen LogP contribution in [-0.2, 0) is 23.1 Å². The minimum atomic E-state index is -3.95. The van der Waals surface area contributed by atoms with Gasteiger partial charge in [0.1, 0.15) is 5.82 Å². The molecule has 2 aliphatic rings. The van der Waals surface area contributed by atoms with Gasteiger partial charge in [0.15, 0.2) is 0 Å². The molecule has 0 spiro atoms. The molecule has 1 aliphatic heterocycles. The molecule has 1 amide bonds. The third kappa shape index (κ3) is 7.25. The number of fused-ring (bicyclic) bond motifs is 1. The van der Waals surface area contributed by atoms with Crippen LogP contribution in [0.5, 0.6) is 0 Å². The van der Waals surface area contributed by atoms with Crippen LogP contribution in [0.1, 0.15) is 47.3 Å². The molecule has 4 rings (SSSR count). The van der Waals surface area contributed by atoms with E-state index in [4.69, 9.17) is 0 Å². The number of rotatable bonds is 13. The highest BCUT2D eigenvalue weighted by Crippen LogP contribution is 2.29. The first-order chi connectivity index (χ1) is 20.0. The third-order valence-electron chi connectivity index (χ3n) is 7.50. The van der Waals surface area contributed by atoms with Gasteiger partial charge in [0.25, 0.3) is 5.91 Å². The zero-order valence-electron chi connectivity index (χ0n) is 24.5. The third-order valence-corrected chi connectivity index (χ3v) is 9.42. The number of carbonyl (C=O) groups is 1. The second-order valence-corrected chi connectivity index (χ2v) is 13.1. The summed E-state index contributed by atoms with van der Waals surface area (Å²) in [5, 5.41) is 27.2. The van der Waals surface area contributed by atoms with Gasteiger partial charge in [-0.3, -0.25) is 4.79 Å². The lowest BCUT2D eigenvalue weighted by atomic mass is 9.98. The van der Waals surface area contributed by atoms with Gasteiger partial charge >= 0.3 is 0 Å². The molecule has 10 heteroatoms. The minimum Gasteiger partial charge on any atom is -0.392 e. The predicted molar refractivity (Wildman–Crippen MR) is 165 cm³/mol. The molecule has 0 saturated carbocycles. The maximum absolute atomic E-state index is 14.0. The summed E-state index contributed by atoms with van der Waals surface area (Å²) in [6.07, 6.45) is 4.49. The lowest BCUT2D eigenvalue weighted by Gasteiger charge is -2.31. The molecular formula is C32H40N4O5S. The van der Waals surface area contributed by atoms with Gasteiger partial charge in [-0.05, 0) is 54.2 Å². The van der Waals surface area contributed by atoms with Gasteiger partial charge in [0, 0.05) is 37.7 Å². The second-order valence-electron chi connectivity index (χ2n) is 11.1. The normalized spacial score (nSPS) is 16.3. The number of amides is 1. The molecule has 2 unspecified atom stereocenters. The predicted octanol–water partition coefficient (Wildman–Crippen LogP) is 3.21. The van der Waals surface area contributed by atoms with Crippen molar-refractivity contribution in [2.45, 2.75) is 52.4 Å². The molecule has 0 fully saturated rings. The van der Waals surface area contributed by atoms with Crippen molar-refractivity contribution < 1.29 is 23.4 Å². The molecule has 2 aromatic carbocycles. The van der Waals surface area contributed by atoms with E-state index < -0.39 is 28.1 Å². The van der Waals surface area contributed by atoms with E-state index in [0.29, 0.717) is 34.6 Å². The number of nitrogens with zero attached hydrogens (tertiary/aromatic N) is 2. The molecule has 2 aromatic rings. The smallest absolute Gasteiger partial charge is 0.251 e. The monoisotopic (exact) mass is 592 g/mol. The van der Waals surface area contributed by atoms with Crippen molar-refractivity contribution in [1.29, 1.82) is 0 Å². The fourth-order valence-corrected chi connectivity index (χ4v) is 6.88. The Morgan fingerprint density at radius 3 is 2.48 bits per heavy atom. The van der Waals surface area contributed by atoms with Gasteiger partial charge < -0.3 is 20.8 Å². The van der Waals surface area contributed by atoms with E-state index in [-0.39, 0.29) is 36.9 Å². The summed E-state index contributed by atoms with van der Waals surface area (Å²) in [4.78, 5) is 18.1. The highest BCUT2D eigenvalue weighted by molar-refractivity contribution is 7.93. The van der Waals surface area contributed by atoms with E-state index in [2.05, 4.69) is 15.6 Å². The largest absolute Gasteiger partial charge is 0.392 e. The molecule has 0 saturated heterocycles. The zero-order chi connectivity index (χ0) is 30.4. The summed E-state index contributed by atoms with van der Waals surface area (Å²) in [5.74, 6) is 0.271. The molecular weight excluding hydrogens is 552 g/mol. The molecule has 1 heterocycles. The number of carbonyl (C=O) groups excluding carboxylic acids is 1. The number of nitrogens with one attached hydrogen (secondary N) is 2. The first-order valence-electron chi connectivity index (χ1n) is 14.1. The van der Waals surface area contributed by atoms with Gasteiger partial charge in [0.05, 0.1) is 29.4 Å². The molecule has 0 bridgehead atoms. The highest BCUT2D eigenvalue weighted by Gasteiger charge is 2.34. The lowest BCUT2D eigenvalue weighted by Crippen LogP contribution is -2.51. The van der Waals surface area contributed by atoms with Gasteiger partial charge in [0.2, 0.25) is 10.0 Å². The Kier molecular flexibility index (Phi) is 10.2. The molecule has 224 valence electrons. The van der Waals surface area contributed by atoms with Crippen molar-refractivity contribution in [3.63, 3.8) is 0 Å². The number of sulfonamides is 1. The van der Waals surface area contributed by atoms with E-state index in [0.717, 1.165) is 11.1 Å². The maximum Gasteiger partial charge on any atom is 0.251 e. The van der Waals surface area contributed by atoms with Crippen LogP contribution in [0.4, 0.5) is 0 Å². The van der Waals surface area contributed by atoms with Crippen LogP contribution in [0.15, 0.2) is 88.1 Å². The Bertz CT molecular complexity index is 1530. The summed E-state index contributed by atoms with van der Waals surface area (Å²) in [7, 11) is -2.19. The number of benzene rings is 2. The number of aliphatic imine (C=N–C) groups is 1. The Balaban J connectivity index is 1.60. The van der Waals surface area contributed by atoms with Crippen LogP contribution in [0.3, 0.4) is 0 Å². The molecule has 4 N–H and O–H groups in total. The molecule has 2 atom stereocenters. The van der Waals surface area contributed by atoms with Crippen molar-refractivity contribution >= 4 is 21.6 Å². The summed E-state index contributed by atoms with van der Waals surface area (Å²) in [6.45, 7) is 5.41. The van der Waals surface area contributed by atoms with Crippen LogP contribution in [0.25, 0.3) is 0 Å². The Labute approximate surface area is 248 Å². The van der Waals surface area contributed by atoms with E-state index in [1.165, 1.54) is 4.31 Å². The van der Waals surface area contributed by atoms with Crippen LogP contribution in [0, 0.1) is 12.8 Å². The van der Waals surface area contributed by atoms with Gasteiger partial charge in [-0.2, -0.15) is 4.31 Å². The van der Waals surface area contributed by atoms with Crippen molar-refractivity contribution in [2.75, 3.05) is 20.1 Å². The van der Waals surface area contributed by atoms with Crippen molar-refractivity contribution in [3.05, 3.63) is 105 Å². The quantitative estimate of drug-likeness (QED) is 0.283. The van der Waals surface area contributed by atoms with Crippen molar-refractivity contribution in [1.82, 2.24) is 14.9 Å². The van der Waals surface area contributed by atoms with Gasteiger partial charge in [-0.25, -0.2) is 13.4 Å². The Hall–Kier alpha value is -3.57. The van der Waals surface area contributed by atoms with E-state index in [1.54, 1.807) is 44.3 Å². The van der Waals surface area contributed by atoms with Crippen molar-refractivity contribution in [3.8, 4) is 0 Å². The lowest BCUT2D eigenvalue weighted by molar-refractivity contribution is 0.0776. The van der Waals surface area contributed by atoms with Gasteiger partial charge in [-0.15, -0.1) is 0 Å².